The van der Waals surface area contributed by atoms with Crippen LogP contribution in [0.4, 0.5) is 0 Å². The largest absolute Gasteiger partial charge is 0.467 e. The van der Waals surface area contributed by atoms with Crippen LogP contribution < -0.4 is 5.56 Å². The van der Waals surface area contributed by atoms with Gasteiger partial charge < -0.3 is 4.74 Å². The molecular weight excluding hydrogens is 306 g/mol. The van der Waals surface area contributed by atoms with Crippen LogP contribution in [-0.2, 0) is 9.53 Å². The van der Waals surface area contributed by atoms with Crippen molar-refractivity contribution < 1.29 is 9.53 Å². The molecule has 6 nitrogen and oxygen atoms in total. The van der Waals surface area contributed by atoms with E-state index >= 15 is 0 Å². The topological polar surface area (TPSA) is 66.1 Å². The maximum atomic E-state index is 12.6. The van der Waals surface area contributed by atoms with Crippen molar-refractivity contribution in [2.24, 2.45) is 0 Å². The third-order valence-corrected chi connectivity index (χ3v) is 4.17. The van der Waals surface area contributed by atoms with E-state index in [1.165, 1.54) is 17.7 Å². The highest BCUT2D eigenvalue weighted by atomic mass is 16.5. The van der Waals surface area contributed by atoms with Gasteiger partial charge in [-0.15, -0.1) is 0 Å². The Morgan fingerprint density at radius 3 is 2.50 bits per heavy atom. The quantitative estimate of drug-likeness (QED) is 0.694. The Morgan fingerprint density at radius 1 is 1.21 bits per heavy atom. The smallest absolute Gasteiger partial charge is 0.328 e. The Labute approximate surface area is 139 Å². The molecule has 0 spiro atoms. The van der Waals surface area contributed by atoms with Crippen molar-refractivity contribution in [3.05, 3.63) is 58.0 Å². The second-order valence-corrected chi connectivity index (χ2v) is 5.77. The number of nitrogens with zero attached hydrogens (tertiary/aromatic N) is 3. The Morgan fingerprint density at radius 2 is 1.88 bits per heavy atom. The lowest BCUT2D eigenvalue weighted by Crippen LogP contribution is -2.30. The third kappa shape index (κ3) is 2.40. The number of rotatable bonds is 3. The van der Waals surface area contributed by atoms with Gasteiger partial charge in [-0.1, -0.05) is 18.2 Å². The van der Waals surface area contributed by atoms with Crippen molar-refractivity contribution in [2.45, 2.75) is 26.8 Å². The summed E-state index contributed by atoms with van der Waals surface area (Å²) in [6, 6.07) is 10.3. The van der Waals surface area contributed by atoms with Crippen LogP contribution >= 0.6 is 0 Å². The third-order valence-electron chi connectivity index (χ3n) is 4.17. The number of methoxy groups -OCH3 is 1. The van der Waals surface area contributed by atoms with Crippen LogP contribution in [0.2, 0.25) is 0 Å². The van der Waals surface area contributed by atoms with Gasteiger partial charge in [-0.3, -0.25) is 9.36 Å². The fraction of sp³-hybridized carbons (Fsp3) is 0.278. The van der Waals surface area contributed by atoms with Crippen LogP contribution in [0.25, 0.3) is 16.7 Å². The number of carbonyl (C=O) groups is 1. The molecule has 3 rings (SSSR count). The van der Waals surface area contributed by atoms with E-state index in [-0.39, 0.29) is 5.56 Å². The van der Waals surface area contributed by atoms with Crippen molar-refractivity contribution >= 4 is 17.0 Å². The molecule has 3 aromatic rings. The molecule has 1 aromatic carbocycles. The first-order valence-electron chi connectivity index (χ1n) is 7.70. The van der Waals surface area contributed by atoms with Crippen molar-refractivity contribution in [1.29, 1.82) is 0 Å². The van der Waals surface area contributed by atoms with Crippen molar-refractivity contribution in [2.75, 3.05) is 7.11 Å². The Bertz CT molecular complexity index is 971. The highest BCUT2D eigenvalue weighted by Gasteiger charge is 2.24. The molecule has 0 saturated carbocycles. The van der Waals surface area contributed by atoms with E-state index in [0.717, 1.165) is 22.3 Å². The number of benzene rings is 1. The predicted molar refractivity (Wildman–Crippen MR) is 91.5 cm³/mol. The van der Waals surface area contributed by atoms with Gasteiger partial charge in [0.15, 0.2) is 0 Å². The number of ether oxygens (including phenoxy) is 1. The summed E-state index contributed by atoms with van der Waals surface area (Å²) >= 11 is 0. The number of aromatic nitrogens is 3. The van der Waals surface area contributed by atoms with Gasteiger partial charge in [0.2, 0.25) is 0 Å². The zero-order chi connectivity index (χ0) is 17.4. The number of fused-ring (bicyclic) bond motifs is 1. The van der Waals surface area contributed by atoms with Crippen LogP contribution in [0.15, 0.2) is 41.2 Å². The molecule has 0 bridgehead atoms. The van der Waals surface area contributed by atoms with E-state index in [1.807, 2.05) is 44.2 Å². The van der Waals surface area contributed by atoms with E-state index in [1.54, 1.807) is 11.6 Å². The monoisotopic (exact) mass is 325 g/mol. The lowest BCUT2D eigenvalue weighted by molar-refractivity contribution is -0.144. The maximum absolute atomic E-state index is 12.6. The van der Waals surface area contributed by atoms with Gasteiger partial charge in [0, 0.05) is 11.5 Å². The van der Waals surface area contributed by atoms with E-state index in [2.05, 4.69) is 5.10 Å². The van der Waals surface area contributed by atoms with Crippen LogP contribution in [0.5, 0.6) is 0 Å². The van der Waals surface area contributed by atoms with Gasteiger partial charge in [0.05, 0.1) is 18.5 Å². The molecule has 0 fully saturated rings. The van der Waals surface area contributed by atoms with Gasteiger partial charge in [-0.05, 0) is 38.5 Å². The summed E-state index contributed by atoms with van der Waals surface area (Å²) in [5, 5.41) is 5.46. The normalized spacial score (nSPS) is 12.3. The van der Waals surface area contributed by atoms with Gasteiger partial charge in [0.1, 0.15) is 11.7 Å². The summed E-state index contributed by atoms with van der Waals surface area (Å²) in [5.41, 5.74) is 2.81. The second kappa shape index (κ2) is 5.96. The van der Waals surface area contributed by atoms with Crippen molar-refractivity contribution in [1.82, 2.24) is 14.3 Å². The number of pyridine rings is 1. The molecule has 6 heteroatoms. The van der Waals surface area contributed by atoms with Crippen LogP contribution in [-0.4, -0.2) is 27.4 Å². The molecule has 124 valence electrons. The van der Waals surface area contributed by atoms with E-state index < -0.39 is 12.0 Å². The standard InChI is InChI=1S/C18H19N3O3/c1-11-10-15(22)20(13(3)18(23)24-4)17-16(11)12(2)19-21(17)14-8-6-5-7-9-14/h5-10,13H,1-4H3/t13-/m1/s1. The minimum absolute atomic E-state index is 0.255. The average molecular weight is 325 g/mol. The van der Waals surface area contributed by atoms with E-state index in [4.69, 9.17) is 4.74 Å². The lowest BCUT2D eigenvalue weighted by Gasteiger charge is -2.16. The van der Waals surface area contributed by atoms with E-state index in [9.17, 15) is 9.59 Å². The molecular formula is C18H19N3O3. The van der Waals surface area contributed by atoms with Crippen LogP contribution in [0.1, 0.15) is 24.2 Å². The average Bonchev–Trinajstić information content (AvgIpc) is 2.92. The summed E-state index contributed by atoms with van der Waals surface area (Å²) in [6.45, 7) is 5.42. The first-order valence-corrected chi connectivity index (χ1v) is 7.70. The zero-order valence-corrected chi connectivity index (χ0v) is 14.1. The number of aryl methyl sites for hydroxylation is 2. The number of para-hydroxylation sites is 1. The molecule has 1 atom stereocenters. The molecule has 0 amide bonds. The first kappa shape index (κ1) is 16.0. The van der Waals surface area contributed by atoms with Gasteiger partial charge in [-0.25, -0.2) is 9.48 Å². The zero-order valence-electron chi connectivity index (χ0n) is 14.1. The second-order valence-electron chi connectivity index (χ2n) is 5.77. The predicted octanol–water partition coefficient (Wildman–Crippen LogP) is 2.54. The minimum Gasteiger partial charge on any atom is -0.467 e. The van der Waals surface area contributed by atoms with Gasteiger partial charge >= 0.3 is 5.97 Å². The molecule has 0 aliphatic carbocycles. The summed E-state index contributed by atoms with van der Waals surface area (Å²) in [4.78, 5) is 24.7. The molecule has 0 radical (unpaired) electrons. The highest BCUT2D eigenvalue weighted by Crippen LogP contribution is 2.25. The Balaban J connectivity index is 2.44. The SMILES string of the molecule is COC(=O)[C@@H](C)n1c(=O)cc(C)c2c(C)nn(-c3ccccc3)c21. The molecule has 0 aliphatic heterocycles. The summed E-state index contributed by atoms with van der Waals surface area (Å²) in [5.74, 6) is -0.472. The number of hydrogen-bond donors (Lipinski definition) is 0. The molecule has 24 heavy (non-hydrogen) atoms. The lowest BCUT2D eigenvalue weighted by atomic mass is 10.1. The van der Waals surface area contributed by atoms with Crippen LogP contribution in [0.3, 0.4) is 0 Å². The first-order chi connectivity index (χ1) is 11.5. The summed E-state index contributed by atoms with van der Waals surface area (Å²) in [6.07, 6.45) is 0. The fourth-order valence-corrected chi connectivity index (χ4v) is 3.03. The summed E-state index contributed by atoms with van der Waals surface area (Å²) < 4.78 is 7.98. The van der Waals surface area contributed by atoms with Gasteiger partial charge in [-0.2, -0.15) is 5.10 Å². The molecule has 0 unspecified atom stereocenters. The summed E-state index contributed by atoms with van der Waals surface area (Å²) in [7, 11) is 1.31. The molecule has 0 saturated heterocycles. The molecule has 2 heterocycles. The minimum atomic E-state index is -0.746. The number of carbonyl (C=O) groups excluding carboxylic acids is 1. The number of hydrogen-bond acceptors (Lipinski definition) is 4. The maximum Gasteiger partial charge on any atom is 0.328 e. The van der Waals surface area contributed by atoms with Crippen molar-refractivity contribution in [3.63, 3.8) is 0 Å². The van der Waals surface area contributed by atoms with Crippen molar-refractivity contribution in [3.8, 4) is 5.69 Å². The fourth-order valence-electron chi connectivity index (χ4n) is 3.03. The number of esters is 1. The molecule has 0 aliphatic rings. The Hall–Kier alpha value is -2.89. The van der Waals surface area contributed by atoms with Gasteiger partial charge in [0.25, 0.3) is 5.56 Å². The van der Waals surface area contributed by atoms with E-state index in [0.29, 0.717) is 5.65 Å². The molecule has 0 N–H and O–H groups in total. The Kier molecular flexibility index (Phi) is 3.97. The highest BCUT2D eigenvalue weighted by molar-refractivity contribution is 5.85. The molecule has 2 aromatic heterocycles. The van der Waals surface area contributed by atoms with Crippen LogP contribution in [0, 0.1) is 13.8 Å².